The first-order valence-corrected chi connectivity index (χ1v) is 6.15. The van der Waals surface area contributed by atoms with Crippen LogP contribution < -0.4 is 15.4 Å². The van der Waals surface area contributed by atoms with Crippen LogP contribution in [0.4, 0.5) is 11.4 Å². The van der Waals surface area contributed by atoms with Crippen molar-refractivity contribution in [1.82, 2.24) is 0 Å². The maximum absolute atomic E-state index is 11.5. The van der Waals surface area contributed by atoms with Crippen LogP contribution in [0.25, 0.3) is 0 Å². The number of carbonyl (C=O) groups is 1. The van der Waals surface area contributed by atoms with Crippen LogP contribution >= 0.6 is 11.6 Å². The van der Waals surface area contributed by atoms with Gasteiger partial charge in [-0.2, -0.15) is 0 Å². The second kappa shape index (κ2) is 5.27. The third kappa shape index (κ3) is 2.82. The minimum absolute atomic E-state index is 0.115. The van der Waals surface area contributed by atoms with Crippen molar-refractivity contribution in [3.8, 4) is 5.75 Å². The normalized spacial score (nSPS) is 18.0. The predicted molar refractivity (Wildman–Crippen MR) is 69.0 cm³/mol. The van der Waals surface area contributed by atoms with Crippen molar-refractivity contribution in [3.05, 3.63) is 18.2 Å². The van der Waals surface area contributed by atoms with Crippen molar-refractivity contribution in [2.24, 2.45) is 0 Å². The summed E-state index contributed by atoms with van der Waals surface area (Å²) in [6, 6.07) is 5.65. The Morgan fingerprint density at radius 2 is 2.35 bits per heavy atom. The number of fused-ring (bicyclic) bond motifs is 1. The molecule has 5 heteroatoms. The minimum atomic E-state index is -0.433. The monoisotopic (exact) mass is 254 g/mol. The predicted octanol–water partition coefficient (Wildman–Crippen LogP) is 2.45. The van der Waals surface area contributed by atoms with E-state index in [1.807, 2.05) is 18.2 Å². The third-order valence-electron chi connectivity index (χ3n) is 2.55. The van der Waals surface area contributed by atoms with E-state index in [0.717, 1.165) is 18.7 Å². The number of nitrogens with one attached hydrogen (secondary N) is 2. The molecule has 1 aliphatic rings. The molecule has 17 heavy (non-hydrogen) atoms. The smallest absolute Gasteiger partial charge is 0.265 e. The molecule has 1 unspecified atom stereocenters. The highest BCUT2D eigenvalue weighted by atomic mass is 35.5. The molecule has 1 aromatic carbocycles. The first-order valence-electron chi connectivity index (χ1n) is 5.62. The summed E-state index contributed by atoms with van der Waals surface area (Å²) in [5.74, 6) is 1.23. The molecule has 2 rings (SSSR count). The van der Waals surface area contributed by atoms with Crippen LogP contribution in [0.3, 0.4) is 0 Å². The van der Waals surface area contributed by atoms with Gasteiger partial charge >= 0.3 is 0 Å². The second-order valence-electron chi connectivity index (χ2n) is 3.93. The summed E-state index contributed by atoms with van der Waals surface area (Å²) in [4.78, 5) is 11.5. The molecular formula is C12H15ClN2O2. The van der Waals surface area contributed by atoms with Crippen molar-refractivity contribution in [2.45, 2.75) is 19.4 Å². The number of benzene rings is 1. The Kier molecular flexibility index (Phi) is 3.74. The van der Waals surface area contributed by atoms with Crippen molar-refractivity contribution in [1.29, 1.82) is 0 Å². The molecule has 0 fully saturated rings. The Morgan fingerprint density at radius 1 is 1.53 bits per heavy atom. The zero-order valence-electron chi connectivity index (χ0n) is 9.63. The fourth-order valence-electron chi connectivity index (χ4n) is 1.62. The molecule has 0 bridgehead atoms. The molecule has 2 N–H and O–H groups in total. The number of anilines is 2. The first kappa shape index (κ1) is 12.0. The van der Waals surface area contributed by atoms with E-state index in [1.165, 1.54) is 0 Å². The number of hydrogen-bond donors (Lipinski definition) is 2. The summed E-state index contributed by atoms with van der Waals surface area (Å²) >= 11 is 5.60. The lowest BCUT2D eigenvalue weighted by Gasteiger charge is -2.23. The standard InChI is InChI=1S/C12H15ClN2O2/c1-8-12(16)15-10-7-9(14-6-2-5-13)3-4-11(10)17-8/h3-4,7-8,14H,2,5-6H2,1H3,(H,15,16). The highest BCUT2D eigenvalue weighted by molar-refractivity contribution is 6.17. The Hall–Kier alpha value is -1.42. The summed E-state index contributed by atoms with van der Waals surface area (Å²) in [6.07, 6.45) is 0.469. The van der Waals surface area contributed by atoms with Gasteiger partial charge in [-0.25, -0.2) is 0 Å². The Morgan fingerprint density at radius 3 is 3.12 bits per heavy atom. The number of halogens is 1. The minimum Gasteiger partial charge on any atom is -0.479 e. The Labute approximate surface area is 105 Å². The van der Waals surface area contributed by atoms with Gasteiger partial charge in [-0.3, -0.25) is 4.79 Å². The average Bonchev–Trinajstić information content (AvgIpc) is 2.31. The Bertz CT molecular complexity index is 423. The molecule has 0 saturated heterocycles. The van der Waals surface area contributed by atoms with Crippen LogP contribution in [-0.2, 0) is 4.79 Å². The molecule has 1 aromatic rings. The lowest BCUT2D eigenvalue weighted by atomic mass is 10.2. The second-order valence-corrected chi connectivity index (χ2v) is 4.31. The fourth-order valence-corrected chi connectivity index (χ4v) is 1.75. The van der Waals surface area contributed by atoms with Gasteiger partial charge in [-0.15, -0.1) is 11.6 Å². The van der Waals surface area contributed by atoms with Crippen LogP contribution in [0.5, 0.6) is 5.75 Å². The van der Waals surface area contributed by atoms with Crippen LogP contribution in [-0.4, -0.2) is 24.4 Å². The quantitative estimate of drug-likeness (QED) is 0.641. The van der Waals surface area contributed by atoms with Gasteiger partial charge in [0.15, 0.2) is 6.10 Å². The van der Waals surface area contributed by atoms with Crippen LogP contribution in [0.2, 0.25) is 0 Å². The highest BCUT2D eigenvalue weighted by Gasteiger charge is 2.23. The van der Waals surface area contributed by atoms with Crippen molar-refractivity contribution in [2.75, 3.05) is 23.1 Å². The van der Waals surface area contributed by atoms with E-state index in [2.05, 4.69) is 10.6 Å². The number of amides is 1. The van der Waals surface area contributed by atoms with Crippen molar-refractivity contribution in [3.63, 3.8) is 0 Å². The van der Waals surface area contributed by atoms with Gasteiger partial charge in [0.2, 0.25) is 0 Å². The van der Waals surface area contributed by atoms with E-state index in [1.54, 1.807) is 6.92 Å². The van der Waals surface area contributed by atoms with E-state index in [4.69, 9.17) is 16.3 Å². The van der Waals surface area contributed by atoms with Crippen molar-refractivity contribution >= 4 is 28.9 Å². The molecule has 0 spiro atoms. The van der Waals surface area contributed by atoms with E-state index in [9.17, 15) is 4.79 Å². The fraction of sp³-hybridized carbons (Fsp3) is 0.417. The van der Waals surface area contributed by atoms with E-state index < -0.39 is 6.10 Å². The van der Waals surface area contributed by atoms with Gasteiger partial charge in [-0.05, 0) is 31.5 Å². The topological polar surface area (TPSA) is 50.4 Å². The first-order chi connectivity index (χ1) is 8.20. The molecule has 0 aromatic heterocycles. The summed E-state index contributed by atoms with van der Waals surface area (Å²) in [7, 11) is 0. The zero-order valence-corrected chi connectivity index (χ0v) is 10.4. The van der Waals surface area contributed by atoms with Gasteiger partial charge in [0.05, 0.1) is 5.69 Å². The number of alkyl halides is 1. The van der Waals surface area contributed by atoms with Crippen LogP contribution in [0.15, 0.2) is 18.2 Å². The van der Waals surface area contributed by atoms with E-state index in [0.29, 0.717) is 17.3 Å². The maximum Gasteiger partial charge on any atom is 0.265 e. The largest absolute Gasteiger partial charge is 0.479 e. The lowest BCUT2D eigenvalue weighted by Crippen LogP contribution is -2.34. The average molecular weight is 255 g/mol. The SMILES string of the molecule is CC1Oc2ccc(NCCCCl)cc2NC1=O. The summed E-state index contributed by atoms with van der Waals surface area (Å²) < 4.78 is 5.46. The van der Waals surface area contributed by atoms with E-state index in [-0.39, 0.29) is 5.91 Å². The molecule has 0 saturated carbocycles. The molecule has 92 valence electrons. The van der Waals surface area contributed by atoms with Gasteiger partial charge in [0.1, 0.15) is 5.75 Å². The molecule has 0 radical (unpaired) electrons. The summed E-state index contributed by atoms with van der Waals surface area (Å²) in [5, 5.41) is 6.04. The third-order valence-corrected chi connectivity index (χ3v) is 2.82. The maximum atomic E-state index is 11.5. The molecule has 1 amide bonds. The van der Waals surface area contributed by atoms with Gasteiger partial charge in [-0.1, -0.05) is 0 Å². The number of rotatable bonds is 4. The lowest BCUT2D eigenvalue weighted by molar-refractivity contribution is -0.122. The van der Waals surface area contributed by atoms with Gasteiger partial charge in [0, 0.05) is 18.1 Å². The molecule has 1 aliphatic heterocycles. The molecule has 0 aliphatic carbocycles. The van der Waals surface area contributed by atoms with Crippen LogP contribution in [0, 0.1) is 0 Å². The summed E-state index contributed by atoms with van der Waals surface area (Å²) in [6.45, 7) is 2.54. The molecular weight excluding hydrogens is 240 g/mol. The Balaban J connectivity index is 2.09. The van der Waals surface area contributed by atoms with Gasteiger partial charge in [0.25, 0.3) is 5.91 Å². The molecule has 1 atom stereocenters. The van der Waals surface area contributed by atoms with Crippen molar-refractivity contribution < 1.29 is 9.53 Å². The highest BCUT2D eigenvalue weighted by Crippen LogP contribution is 2.31. The zero-order chi connectivity index (χ0) is 12.3. The van der Waals surface area contributed by atoms with Crippen LogP contribution in [0.1, 0.15) is 13.3 Å². The number of carbonyl (C=O) groups excluding carboxylic acids is 1. The van der Waals surface area contributed by atoms with Gasteiger partial charge < -0.3 is 15.4 Å². The summed E-state index contributed by atoms with van der Waals surface area (Å²) in [5.41, 5.74) is 1.66. The molecule has 4 nitrogen and oxygen atoms in total. The molecule has 1 heterocycles. The number of hydrogen-bond acceptors (Lipinski definition) is 3. The van der Waals surface area contributed by atoms with E-state index >= 15 is 0 Å². The number of ether oxygens (including phenoxy) is 1.